The van der Waals surface area contributed by atoms with Gasteiger partial charge in [0.15, 0.2) is 0 Å². The Morgan fingerprint density at radius 3 is 2.43 bits per heavy atom. The van der Waals surface area contributed by atoms with E-state index in [0.29, 0.717) is 6.42 Å². The van der Waals surface area contributed by atoms with Crippen molar-refractivity contribution in [3.8, 4) is 0 Å². The highest BCUT2D eigenvalue weighted by atomic mass is 19.1. The number of carbonyl (C=O) groups excluding carboxylic acids is 1. The van der Waals surface area contributed by atoms with Crippen molar-refractivity contribution in [1.82, 2.24) is 5.32 Å². The number of nitrogens with one attached hydrogen (secondary N) is 1. The minimum Gasteiger partial charge on any atom is -0.346 e. The molecule has 21 heavy (non-hydrogen) atoms. The highest BCUT2D eigenvalue weighted by Crippen LogP contribution is 2.45. The van der Waals surface area contributed by atoms with Crippen molar-refractivity contribution in [2.75, 3.05) is 0 Å². The third kappa shape index (κ3) is 2.97. The van der Waals surface area contributed by atoms with Crippen LogP contribution in [0.2, 0.25) is 0 Å². The molecule has 1 aliphatic rings. The Morgan fingerprint density at radius 1 is 1.14 bits per heavy atom. The molecule has 2 aromatic carbocycles. The molecule has 108 valence electrons. The van der Waals surface area contributed by atoms with Gasteiger partial charge in [0.1, 0.15) is 5.82 Å². The van der Waals surface area contributed by atoms with Gasteiger partial charge in [-0.2, -0.15) is 0 Å². The number of carbonyl (C=O) groups is 1. The van der Waals surface area contributed by atoms with Gasteiger partial charge in [-0.15, -0.1) is 0 Å². The number of rotatable bonds is 4. The maximum atomic E-state index is 13.0. The average Bonchev–Trinajstić information content (AvgIpc) is 3.23. The van der Waals surface area contributed by atoms with Crippen LogP contribution in [0.4, 0.5) is 4.39 Å². The molecule has 0 atom stereocenters. The number of hydrogen-bond acceptors (Lipinski definition) is 1. The lowest BCUT2D eigenvalue weighted by molar-refractivity contribution is -0.121. The molecule has 1 amide bonds. The Labute approximate surface area is 124 Å². The maximum absolute atomic E-state index is 13.0. The van der Waals surface area contributed by atoms with E-state index in [1.807, 2.05) is 31.2 Å². The van der Waals surface area contributed by atoms with Crippen molar-refractivity contribution in [2.45, 2.75) is 31.7 Å². The maximum Gasteiger partial charge on any atom is 0.225 e. The summed E-state index contributed by atoms with van der Waals surface area (Å²) < 4.78 is 13.0. The molecule has 0 aromatic heterocycles. The molecule has 0 aliphatic heterocycles. The second-order valence-electron chi connectivity index (χ2n) is 5.74. The van der Waals surface area contributed by atoms with Crippen molar-refractivity contribution in [3.63, 3.8) is 0 Å². The molecule has 1 saturated carbocycles. The molecule has 1 N–H and O–H groups in total. The molecule has 0 spiro atoms. The van der Waals surface area contributed by atoms with Gasteiger partial charge in [-0.25, -0.2) is 4.39 Å². The van der Waals surface area contributed by atoms with E-state index in [-0.39, 0.29) is 17.3 Å². The number of halogens is 1. The molecule has 1 aliphatic carbocycles. The van der Waals surface area contributed by atoms with Crippen LogP contribution >= 0.6 is 0 Å². The largest absolute Gasteiger partial charge is 0.346 e. The quantitative estimate of drug-likeness (QED) is 0.914. The Hall–Kier alpha value is -2.16. The van der Waals surface area contributed by atoms with E-state index in [2.05, 4.69) is 5.32 Å². The van der Waals surface area contributed by atoms with E-state index in [1.54, 1.807) is 12.1 Å². The van der Waals surface area contributed by atoms with Crippen LogP contribution in [-0.2, 0) is 16.8 Å². The first kappa shape index (κ1) is 13.8. The van der Waals surface area contributed by atoms with Crippen LogP contribution in [-0.4, -0.2) is 5.91 Å². The van der Waals surface area contributed by atoms with Crippen molar-refractivity contribution >= 4 is 5.91 Å². The average molecular weight is 283 g/mol. The second-order valence-corrected chi connectivity index (χ2v) is 5.74. The SMILES string of the molecule is Cc1ccccc1CC(=O)NC1(c2ccc(F)cc2)CC1. The van der Waals surface area contributed by atoms with Crippen LogP contribution in [0.1, 0.15) is 29.5 Å². The van der Waals surface area contributed by atoms with Crippen molar-refractivity contribution < 1.29 is 9.18 Å². The van der Waals surface area contributed by atoms with Gasteiger partial charge in [0.05, 0.1) is 12.0 Å². The molecule has 3 rings (SSSR count). The molecule has 0 bridgehead atoms. The van der Waals surface area contributed by atoms with Gasteiger partial charge in [-0.1, -0.05) is 36.4 Å². The molecule has 1 fully saturated rings. The standard InChI is InChI=1S/C18H18FNO/c1-13-4-2-3-5-14(13)12-17(21)20-18(10-11-18)15-6-8-16(19)9-7-15/h2-9H,10-12H2,1H3,(H,20,21). The van der Waals surface area contributed by atoms with Crippen molar-refractivity contribution in [1.29, 1.82) is 0 Å². The fraction of sp³-hybridized carbons (Fsp3) is 0.278. The van der Waals surface area contributed by atoms with E-state index in [9.17, 15) is 9.18 Å². The predicted octanol–water partition coefficient (Wildman–Crippen LogP) is 3.48. The van der Waals surface area contributed by atoms with Gasteiger partial charge in [0.25, 0.3) is 0 Å². The third-order valence-electron chi connectivity index (χ3n) is 4.14. The van der Waals surface area contributed by atoms with Crippen LogP contribution in [0.3, 0.4) is 0 Å². The summed E-state index contributed by atoms with van der Waals surface area (Å²) in [4.78, 5) is 12.3. The van der Waals surface area contributed by atoms with Gasteiger partial charge in [-0.05, 0) is 48.6 Å². The van der Waals surface area contributed by atoms with E-state index in [1.165, 1.54) is 12.1 Å². The molecule has 3 heteroatoms. The number of amides is 1. The first-order valence-corrected chi connectivity index (χ1v) is 7.21. The van der Waals surface area contributed by atoms with Crippen LogP contribution in [0, 0.1) is 12.7 Å². The molecule has 2 aromatic rings. The summed E-state index contributed by atoms with van der Waals surface area (Å²) in [5.74, 6) is -0.230. The van der Waals surface area contributed by atoms with Gasteiger partial charge >= 0.3 is 0 Å². The highest BCUT2D eigenvalue weighted by molar-refractivity contribution is 5.80. The minimum atomic E-state index is -0.284. The molecule has 0 saturated heterocycles. The van der Waals surface area contributed by atoms with E-state index >= 15 is 0 Å². The van der Waals surface area contributed by atoms with Crippen LogP contribution in [0.25, 0.3) is 0 Å². The molecule has 0 heterocycles. The first-order chi connectivity index (χ1) is 10.1. The normalized spacial score (nSPS) is 15.5. The van der Waals surface area contributed by atoms with Crippen LogP contribution in [0.5, 0.6) is 0 Å². The highest BCUT2D eigenvalue weighted by Gasteiger charge is 2.45. The number of benzene rings is 2. The first-order valence-electron chi connectivity index (χ1n) is 7.21. The summed E-state index contributed by atoms with van der Waals surface area (Å²) in [5.41, 5.74) is 2.87. The zero-order valence-corrected chi connectivity index (χ0v) is 12.0. The summed E-state index contributed by atoms with van der Waals surface area (Å²) >= 11 is 0. The lowest BCUT2D eigenvalue weighted by Crippen LogP contribution is -2.36. The minimum absolute atomic E-state index is 0.0196. The Morgan fingerprint density at radius 2 is 1.81 bits per heavy atom. The Kier molecular flexibility index (Phi) is 3.50. The number of aryl methyl sites for hydroxylation is 1. The van der Waals surface area contributed by atoms with E-state index < -0.39 is 0 Å². The van der Waals surface area contributed by atoms with E-state index in [4.69, 9.17) is 0 Å². The molecular formula is C18H18FNO. The monoisotopic (exact) mass is 283 g/mol. The summed E-state index contributed by atoms with van der Waals surface area (Å²) in [6, 6.07) is 14.3. The molecule has 2 nitrogen and oxygen atoms in total. The third-order valence-corrected chi connectivity index (χ3v) is 4.14. The van der Waals surface area contributed by atoms with Gasteiger partial charge in [0, 0.05) is 0 Å². The van der Waals surface area contributed by atoms with E-state index in [0.717, 1.165) is 29.5 Å². The lowest BCUT2D eigenvalue weighted by Gasteiger charge is -2.18. The fourth-order valence-electron chi connectivity index (χ4n) is 2.67. The Bertz CT molecular complexity index is 659. The smallest absolute Gasteiger partial charge is 0.225 e. The summed E-state index contributed by atoms with van der Waals surface area (Å²) in [6.45, 7) is 2.01. The number of hydrogen-bond donors (Lipinski definition) is 1. The topological polar surface area (TPSA) is 29.1 Å². The molecule has 0 unspecified atom stereocenters. The van der Waals surface area contributed by atoms with Crippen LogP contribution < -0.4 is 5.32 Å². The van der Waals surface area contributed by atoms with Gasteiger partial charge in [0.2, 0.25) is 5.91 Å². The lowest BCUT2D eigenvalue weighted by atomic mass is 10.0. The summed E-state index contributed by atoms with van der Waals surface area (Å²) in [6.07, 6.45) is 2.21. The Balaban J connectivity index is 1.70. The fourth-order valence-corrected chi connectivity index (χ4v) is 2.67. The second kappa shape index (κ2) is 5.32. The summed E-state index contributed by atoms with van der Waals surface area (Å²) in [7, 11) is 0. The summed E-state index contributed by atoms with van der Waals surface area (Å²) in [5, 5.41) is 3.12. The van der Waals surface area contributed by atoms with Gasteiger partial charge in [-0.3, -0.25) is 4.79 Å². The molecule has 0 radical (unpaired) electrons. The van der Waals surface area contributed by atoms with Crippen LogP contribution in [0.15, 0.2) is 48.5 Å². The van der Waals surface area contributed by atoms with Crippen molar-refractivity contribution in [2.24, 2.45) is 0 Å². The molecular weight excluding hydrogens is 265 g/mol. The van der Waals surface area contributed by atoms with Crippen molar-refractivity contribution in [3.05, 3.63) is 71.0 Å². The zero-order valence-electron chi connectivity index (χ0n) is 12.0. The predicted molar refractivity (Wildman–Crippen MR) is 80.3 cm³/mol. The zero-order chi connectivity index (χ0) is 14.9. The van der Waals surface area contributed by atoms with Gasteiger partial charge < -0.3 is 5.32 Å².